The van der Waals surface area contributed by atoms with Crippen molar-refractivity contribution in [1.82, 2.24) is 4.72 Å². The molecule has 1 aliphatic rings. The molecule has 1 amide bonds. The normalized spacial score (nSPS) is 15.0. The third-order valence-corrected chi connectivity index (χ3v) is 6.19. The average molecular weight is 478 g/mol. The highest BCUT2D eigenvalue weighted by atomic mass is 35.5. The Morgan fingerprint density at radius 1 is 1.13 bits per heavy atom. The number of halogens is 4. The maximum Gasteiger partial charge on any atom is 0.416 e. The third-order valence-electron chi connectivity index (χ3n) is 4.48. The highest BCUT2D eigenvalue weighted by molar-refractivity contribution is 7.89. The molecule has 0 atom stereocenters. The predicted molar refractivity (Wildman–Crippen MR) is 110 cm³/mol. The van der Waals surface area contributed by atoms with E-state index in [1.807, 2.05) is 9.62 Å². The van der Waals surface area contributed by atoms with Gasteiger partial charge in [-0.15, -0.1) is 0 Å². The summed E-state index contributed by atoms with van der Waals surface area (Å²) in [6.07, 6.45) is -4.69. The SMILES string of the molecule is O=C(CNS(=O)(=O)c1cccc(C(F)(F)F)c1)Nc1cccc(Cl)c1N1CCOCC1. The molecule has 168 valence electrons. The molecular weight excluding hydrogens is 459 g/mol. The number of ether oxygens (including phenoxy) is 1. The van der Waals surface area contributed by atoms with E-state index in [-0.39, 0.29) is 0 Å². The Kier molecular flexibility index (Phi) is 7.10. The number of rotatable bonds is 6. The highest BCUT2D eigenvalue weighted by Gasteiger charge is 2.31. The lowest BCUT2D eigenvalue weighted by Crippen LogP contribution is -2.37. The summed E-state index contributed by atoms with van der Waals surface area (Å²) in [7, 11) is -4.33. The molecule has 0 saturated carbocycles. The number of benzene rings is 2. The van der Waals surface area contributed by atoms with Crippen LogP contribution in [-0.4, -0.2) is 47.2 Å². The number of nitrogens with one attached hydrogen (secondary N) is 2. The molecule has 2 aromatic carbocycles. The molecule has 12 heteroatoms. The van der Waals surface area contributed by atoms with E-state index >= 15 is 0 Å². The maximum atomic E-state index is 12.8. The van der Waals surface area contributed by atoms with E-state index < -0.39 is 39.1 Å². The summed E-state index contributed by atoms with van der Waals surface area (Å²) in [6.45, 7) is 1.45. The Hall–Kier alpha value is -2.34. The van der Waals surface area contributed by atoms with Gasteiger partial charge in [-0.05, 0) is 30.3 Å². The molecule has 0 radical (unpaired) electrons. The fourth-order valence-electron chi connectivity index (χ4n) is 3.00. The monoisotopic (exact) mass is 477 g/mol. The van der Waals surface area contributed by atoms with Gasteiger partial charge in [-0.1, -0.05) is 23.7 Å². The van der Waals surface area contributed by atoms with Gasteiger partial charge in [0.2, 0.25) is 15.9 Å². The number of hydrogen-bond acceptors (Lipinski definition) is 5. The topological polar surface area (TPSA) is 87.7 Å². The largest absolute Gasteiger partial charge is 0.416 e. The fourth-order valence-corrected chi connectivity index (χ4v) is 4.32. The smallest absolute Gasteiger partial charge is 0.378 e. The minimum absolute atomic E-state index is 0.387. The van der Waals surface area contributed by atoms with Crippen LogP contribution in [0.2, 0.25) is 5.02 Å². The Bertz CT molecular complexity index is 1060. The minimum Gasteiger partial charge on any atom is -0.378 e. The predicted octanol–water partition coefficient (Wildman–Crippen LogP) is 3.11. The van der Waals surface area contributed by atoms with Gasteiger partial charge in [0.15, 0.2) is 0 Å². The zero-order valence-corrected chi connectivity index (χ0v) is 17.6. The number of hydrogen-bond donors (Lipinski definition) is 2. The van der Waals surface area contributed by atoms with E-state index in [9.17, 15) is 26.4 Å². The van der Waals surface area contributed by atoms with Crippen LogP contribution >= 0.6 is 11.6 Å². The van der Waals surface area contributed by atoms with Gasteiger partial charge in [0.05, 0.1) is 46.6 Å². The lowest BCUT2D eigenvalue weighted by molar-refractivity contribution is -0.137. The molecule has 1 aliphatic heterocycles. The van der Waals surface area contributed by atoms with E-state index in [0.29, 0.717) is 48.8 Å². The van der Waals surface area contributed by atoms with Crippen LogP contribution in [0.3, 0.4) is 0 Å². The van der Waals surface area contributed by atoms with Crippen LogP contribution in [-0.2, 0) is 25.7 Å². The van der Waals surface area contributed by atoms with Crippen molar-refractivity contribution in [2.75, 3.05) is 43.1 Å². The number of para-hydroxylation sites is 1. The van der Waals surface area contributed by atoms with Gasteiger partial charge >= 0.3 is 6.18 Å². The van der Waals surface area contributed by atoms with Crippen molar-refractivity contribution in [1.29, 1.82) is 0 Å². The zero-order valence-electron chi connectivity index (χ0n) is 16.1. The number of anilines is 2. The molecule has 3 rings (SSSR count). The van der Waals surface area contributed by atoms with Crippen molar-refractivity contribution >= 4 is 38.9 Å². The van der Waals surface area contributed by atoms with Crippen molar-refractivity contribution < 1.29 is 31.1 Å². The van der Waals surface area contributed by atoms with E-state index in [0.717, 1.165) is 18.2 Å². The molecule has 0 aliphatic carbocycles. The first-order chi connectivity index (χ1) is 14.6. The second-order valence-electron chi connectivity index (χ2n) is 6.63. The molecule has 2 aromatic rings. The molecule has 0 bridgehead atoms. The molecule has 1 heterocycles. The van der Waals surface area contributed by atoms with Crippen LogP contribution in [0.15, 0.2) is 47.4 Å². The molecule has 7 nitrogen and oxygen atoms in total. The van der Waals surface area contributed by atoms with Gasteiger partial charge in [0.1, 0.15) is 0 Å². The van der Waals surface area contributed by atoms with Crippen LogP contribution < -0.4 is 14.9 Å². The van der Waals surface area contributed by atoms with Crippen LogP contribution in [0.4, 0.5) is 24.5 Å². The molecule has 31 heavy (non-hydrogen) atoms. The van der Waals surface area contributed by atoms with Gasteiger partial charge < -0.3 is 15.0 Å². The van der Waals surface area contributed by atoms with Gasteiger partial charge in [0, 0.05) is 13.1 Å². The van der Waals surface area contributed by atoms with Crippen molar-refractivity contribution in [2.24, 2.45) is 0 Å². The summed E-state index contributed by atoms with van der Waals surface area (Å²) < 4.78 is 70.5. The molecule has 0 aromatic heterocycles. The first-order valence-corrected chi connectivity index (χ1v) is 11.0. The van der Waals surface area contributed by atoms with E-state index in [2.05, 4.69) is 5.32 Å². The quantitative estimate of drug-likeness (QED) is 0.667. The molecule has 2 N–H and O–H groups in total. The third kappa shape index (κ3) is 5.88. The molecule has 0 unspecified atom stereocenters. The first kappa shape index (κ1) is 23.3. The van der Waals surface area contributed by atoms with E-state index in [4.69, 9.17) is 16.3 Å². The summed E-state index contributed by atoms with van der Waals surface area (Å²) in [6, 6.07) is 8.19. The highest BCUT2D eigenvalue weighted by Crippen LogP contribution is 2.34. The summed E-state index contributed by atoms with van der Waals surface area (Å²) in [5.74, 6) is -0.702. The van der Waals surface area contributed by atoms with Crippen molar-refractivity contribution in [2.45, 2.75) is 11.1 Å². The van der Waals surface area contributed by atoms with Crippen molar-refractivity contribution in [3.8, 4) is 0 Å². The number of morpholine rings is 1. The number of carbonyl (C=O) groups is 1. The summed E-state index contributed by atoms with van der Waals surface area (Å²) in [5, 5.41) is 3.00. The second kappa shape index (κ2) is 9.43. The molecule has 1 saturated heterocycles. The first-order valence-electron chi connectivity index (χ1n) is 9.16. The second-order valence-corrected chi connectivity index (χ2v) is 8.81. The fraction of sp³-hybridized carbons (Fsp3) is 0.316. The number of carbonyl (C=O) groups excluding carboxylic acids is 1. The summed E-state index contributed by atoms with van der Waals surface area (Å²) >= 11 is 6.29. The Morgan fingerprint density at radius 3 is 2.48 bits per heavy atom. The van der Waals surface area contributed by atoms with E-state index in [1.54, 1.807) is 18.2 Å². The summed E-state index contributed by atoms with van der Waals surface area (Å²) in [4.78, 5) is 13.7. The van der Waals surface area contributed by atoms with Gasteiger partial charge in [0.25, 0.3) is 0 Å². The Balaban J connectivity index is 1.70. The molecule has 1 fully saturated rings. The van der Waals surface area contributed by atoms with Crippen LogP contribution in [0.1, 0.15) is 5.56 Å². The van der Waals surface area contributed by atoms with Gasteiger partial charge in [-0.3, -0.25) is 4.79 Å². The van der Waals surface area contributed by atoms with Gasteiger partial charge in [-0.25, -0.2) is 13.1 Å². The van der Waals surface area contributed by atoms with Crippen LogP contribution in [0.25, 0.3) is 0 Å². The zero-order chi connectivity index (χ0) is 22.6. The standard InChI is InChI=1S/C19H19ClF3N3O4S/c20-15-5-2-6-16(18(15)26-7-9-30-10-8-26)25-17(27)12-24-31(28,29)14-4-1-3-13(11-14)19(21,22)23/h1-6,11,24H,7-10,12H2,(H,25,27). The Labute approximate surface area is 182 Å². The van der Waals surface area contributed by atoms with Crippen molar-refractivity contribution in [3.05, 3.63) is 53.1 Å². The van der Waals surface area contributed by atoms with Crippen LogP contribution in [0, 0.1) is 0 Å². The van der Waals surface area contributed by atoms with E-state index in [1.165, 1.54) is 0 Å². The molecule has 0 spiro atoms. The lowest BCUT2D eigenvalue weighted by Gasteiger charge is -2.31. The molecular formula is C19H19ClF3N3O4S. The van der Waals surface area contributed by atoms with Crippen LogP contribution in [0.5, 0.6) is 0 Å². The van der Waals surface area contributed by atoms with Crippen molar-refractivity contribution in [3.63, 3.8) is 0 Å². The summed E-state index contributed by atoms with van der Waals surface area (Å²) in [5.41, 5.74) is -0.131. The maximum absolute atomic E-state index is 12.8. The average Bonchev–Trinajstić information content (AvgIpc) is 2.73. The lowest BCUT2D eigenvalue weighted by atomic mass is 10.2. The number of alkyl halides is 3. The number of amides is 1. The number of sulfonamides is 1. The number of nitrogens with zero attached hydrogens (tertiary/aromatic N) is 1. The minimum atomic E-state index is -4.69. The van der Waals surface area contributed by atoms with Gasteiger partial charge in [-0.2, -0.15) is 13.2 Å². The Morgan fingerprint density at radius 2 is 1.81 bits per heavy atom.